The van der Waals surface area contributed by atoms with Crippen molar-refractivity contribution in [1.82, 2.24) is 14.9 Å². The molecule has 1 aliphatic heterocycles. The number of anilines is 1. The van der Waals surface area contributed by atoms with Crippen molar-refractivity contribution in [2.45, 2.75) is 67.8 Å². The number of hydrogen-bond acceptors (Lipinski definition) is 6. The number of sulfonamides is 1. The van der Waals surface area contributed by atoms with Gasteiger partial charge in [-0.1, -0.05) is 25.5 Å². The smallest absolute Gasteiger partial charge is 0.319 e. The van der Waals surface area contributed by atoms with Crippen LogP contribution >= 0.6 is 0 Å². The van der Waals surface area contributed by atoms with E-state index >= 15 is 0 Å². The first-order valence-electron chi connectivity index (χ1n) is 13.3. The summed E-state index contributed by atoms with van der Waals surface area (Å²) in [5, 5.41) is 5.95. The Hall–Kier alpha value is -2.82. The van der Waals surface area contributed by atoms with Gasteiger partial charge < -0.3 is 25.0 Å². The Bertz CT molecular complexity index is 1240. The number of unbranched alkanes of at least 4 members (excludes halogenated alkanes) is 1. The molecule has 3 N–H and O–H groups in total. The number of carbonyl (C=O) groups is 1. The largest absolute Gasteiger partial charge is 0.493 e. The Morgan fingerprint density at radius 1 is 1.11 bits per heavy atom. The molecular formula is C28H40N4O5S. The van der Waals surface area contributed by atoms with Crippen molar-refractivity contribution in [3.63, 3.8) is 0 Å². The van der Waals surface area contributed by atoms with Crippen LogP contribution in [-0.2, 0) is 15.4 Å². The first-order valence-corrected chi connectivity index (χ1v) is 14.8. The predicted octanol–water partition coefficient (Wildman–Crippen LogP) is 4.10. The number of nitrogens with one attached hydrogen (secondary N) is 3. The topological polar surface area (TPSA) is 109 Å². The number of urea groups is 1. The molecule has 0 spiro atoms. The molecule has 0 aromatic heterocycles. The van der Waals surface area contributed by atoms with E-state index in [2.05, 4.69) is 39.4 Å². The summed E-state index contributed by atoms with van der Waals surface area (Å²) in [4.78, 5) is 15.4. The minimum atomic E-state index is -3.62. The van der Waals surface area contributed by atoms with Crippen LogP contribution in [0, 0.1) is 0 Å². The fourth-order valence-corrected chi connectivity index (χ4v) is 7.07. The van der Waals surface area contributed by atoms with Crippen LogP contribution in [0.2, 0.25) is 0 Å². The van der Waals surface area contributed by atoms with E-state index < -0.39 is 10.0 Å². The van der Waals surface area contributed by atoms with Crippen LogP contribution in [-0.4, -0.2) is 65.8 Å². The second-order valence-corrected chi connectivity index (χ2v) is 12.1. The number of fused-ring (bicyclic) bond motifs is 1. The number of ether oxygens (including phenoxy) is 2. The lowest BCUT2D eigenvalue weighted by Crippen LogP contribution is -2.52. The molecule has 0 radical (unpaired) electrons. The summed E-state index contributed by atoms with van der Waals surface area (Å²) in [6.07, 6.45) is 5.34. The molecule has 10 heteroatoms. The SMILES string of the molecule is CCCCNS(=O)(=O)c1cccc(NC(=O)N[C@H]2CC[C@@]3(c4ccc(OC)c(OC)c4)CCN(C)[C@@H]3C2)c1. The number of benzene rings is 2. The summed E-state index contributed by atoms with van der Waals surface area (Å²) >= 11 is 0. The van der Waals surface area contributed by atoms with Gasteiger partial charge >= 0.3 is 6.03 Å². The van der Waals surface area contributed by atoms with E-state index in [-0.39, 0.29) is 28.4 Å². The lowest BCUT2D eigenvalue weighted by atomic mass is 9.65. The molecule has 208 valence electrons. The van der Waals surface area contributed by atoms with E-state index in [0.29, 0.717) is 12.2 Å². The van der Waals surface area contributed by atoms with Gasteiger partial charge in [0.2, 0.25) is 10.0 Å². The van der Waals surface area contributed by atoms with Crippen LogP contribution in [0.1, 0.15) is 51.0 Å². The van der Waals surface area contributed by atoms with Gasteiger partial charge in [0.15, 0.2) is 11.5 Å². The number of nitrogens with zero attached hydrogens (tertiary/aromatic N) is 1. The second kappa shape index (κ2) is 11.9. The first-order chi connectivity index (χ1) is 18.2. The molecule has 2 amide bonds. The maximum atomic E-state index is 12.9. The first kappa shape index (κ1) is 28.2. The number of methoxy groups -OCH3 is 2. The normalized spacial score (nSPS) is 23.5. The van der Waals surface area contributed by atoms with E-state index in [4.69, 9.17) is 9.47 Å². The molecule has 0 bridgehead atoms. The molecule has 38 heavy (non-hydrogen) atoms. The Morgan fingerprint density at radius 2 is 1.89 bits per heavy atom. The van der Waals surface area contributed by atoms with Crippen LogP contribution in [0.5, 0.6) is 11.5 Å². The average Bonchev–Trinajstić information content (AvgIpc) is 3.25. The minimum Gasteiger partial charge on any atom is -0.493 e. The Labute approximate surface area is 226 Å². The fraction of sp³-hybridized carbons (Fsp3) is 0.536. The number of amides is 2. The third-order valence-corrected chi connectivity index (χ3v) is 9.50. The maximum absolute atomic E-state index is 12.9. The number of likely N-dealkylation sites (tertiary alicyclic amines) is 1. The minimum absolute atomic E-state index is 0.00355. The molecule has 9 nitrogen and oxygen atoms in total. The summed E-state index contributed by atoms with van der Waals surface area (Å²) in [5.74, 6) is 1.45. The van der Waals surface area contributed by atoms with Gasteiger partial charge in [0.1, 0.15) is 0 Å². The monoisotopic (exact) mass is 544 g/mol. The van der Waals surface area contributed by atoms with Crippen molar-refractivity contribution in [2.24, 2.45) is 0 Å². The van der Waals surface area contributed by atoms with Crippen LogP contribution in [0.4, 0.5) is 10.5 Å². The highest BCUT2D eigenvalue weighted by Gasteiger charge is 2.50. The van der Waals surface area contributed by atoms with Crippen molar-refractivity contribution in [1.29, 1.82) is 0 Å². The zero-order valence-corrected chi connectivity index (χ0v) is 23.6. The molecular weight excluding hydrogens is 504 g/mol. The summed E-state index contributed by atoms with van der Waals surface area (Å²) < 4.78 is 38.7. The lowest BCUT2D eigenvalue weighted by Gasteiger charge is -2.45. The summed E-state index contributed by atoms with van der Waals surface area (Å²) in [6.45, 7) is 3.38. The van der Waals surface area contributed by atoms with Gasteiger partial charge in [-0.3, -0.25) is 0 Å². The number of likely N-dealkylation sites (N-methyl/N-ethyl adjacent to an activating group) is 1. The molecule has 3 atom stereocenters. The van der Waals surface area contributed by atoms with Gasteiger partial charge in [-0.15, -0.1) is 0 Å². The fourth-order valence-electron chi connectivity index (χ4n) is 5.95. The van der Waals surface area contributed by atoms with Crippen molar-refractivity contribution in [3.05, 3.63) is 48.0 Å². The molecule has 2 aromatic rings. The van der Waals surface area contributed by atoms with Gasteiger partial charge in [0.25, 0.3) is 0 Å². The Morgan fingerprint density at radius 3 is 2.63 bits per heavy atom. The van der Waals surface area contributed by atoms with E-state index in [1.54, 1.807) is 26.4 Å². The van der Waals surface area contributed by atoms with E-state index in [1.807, 2.05) is 13.0 Å². The number of hydrogen-bond donors (Lipinski definition) is 3. The Balaban J connectivity index is 1.42. The molecule has 4 rings (SSSR count). The maximum Gasteiger partial charge on any atom is 0.319 e. The zero-order chi connectivity index (χ0) is 27.3. The summed E-state index contributed by atoms with van der Waals surface area (Å²) in [7, 11) is 1.83. The van der Waals surface area contributed by atoms with Gasteiger partial charge in [-0.2, -0.15) is 0 Å². The third-order valence-electron chi connectivity index (χ3n) is 8.05. The standard InChI is InChI=1S/C28H40N4O5S/c1-5-6-15-29-38(34,35)23-9-7-8-21(18-23)30-27(33)31-22-12-13-28(14-16-32(2)26(28)19-22)20-10-11-24(36-3)25(17-20)37-4/h7-11,17-18,22,26,29H,5-6,12-16,19H2,1-4H3,(H2,30,31,33)/t22-,26+,28-/m0/s1. The number of carbonyl (C=O) groups excluding carboxylic acids is 1. The molecule has 2 aromatic carbocycles. The van der Waals surface area contributed by atoms with Crippen molar-refractivity contribution < 1.29 is 22.7 Å². The van der Waals surface area contributed by atoms with Crippen molar-refractivity contribution in [3.8, 4) is 11.5 Å². The van der Waals surface area contributed by atoms with Gasteiger partial charge in [-0.25, -0.2) is 17.9 Å². The lowest BCUT2D eigenvalue weighted by molar-refractivity contribution is 0.156. The predicted molar refractivity (Wildman–Crippen MR) is 149 cm³/mol. The van der Waals surface area contributed by atoms with Crippen molar-refractivity contribution >= 4 is 21.7 Å². The van der Waals surface area contributed by atoms with Gasteiger partial charge in [0, 0.05) is 29.7 Å². The molecule has 0 unspecified atom stereocenters. The van der Waals surface area contributed by atoms with Gasteiger partial charge in [0.05, 0.1) is 19.1 Å². The van der Waals surface area contributed by atoms with Gasteiger partial charge in [-0.05, 0) is 81.6 Å². The second-order valence-electron chi connectivity index (χ2n) is 10.3. The average molecular weight is 545 g/mol. The molecule has 1 saturated heterocycles. The van der Waals surface area contributed by atoms with Crippen LogP contribution in [0.25, 0.3) is 0 Å². The van der Waals surface area contributed by atoms with E-state index in [0.717, 1.165) is 56.6 Å². The van der Waals surface area contributed by atoms with Crippen molar-refractivity contribution in [2.75, 3.05) is 39.7 Å². The summed E-state index contributed by atoms with van der Waals surface area (Å²) in [5.41, 5.74) is 1.68. The summed E-state index contributed by atoms with van der Waals surface area (Å²) in [6, 6.07) is 12.5. The van der Waals surface area contributed by atoms with Crippen LogP contribution in [0.3, 0.4) is 0 Å². The third kappa shape index (κ3) is 5.92. The van der Waals surface area contributed by atoms with Crippen LogP contribution in [0.15, 0.2) is 47.4 Å². The molecule has 2 aliphatic rings. The van der Waals surface area contributed by atoms with E-state index in [1.165, 1.54) is 17.7 Å². The molecule has 1 heterocycles. The molecule has 2 fully saturated rings. The zero-order valence-electron chi connectivity index (χ0n) is 22.7. The number of rotatable bonds is 10. The highest BCUT2D eigenvalue weighted by atomic mass is 32.2. The molecule has 1 saturated carbocycles. The van der Waals surface area contributed by atoms with E-state index in [9.17, 15) is 13.2 Å². The highest BCUT2D eigenvalue weighted by Crippen LogP contribution is 2.49. The quantitative estimate of drug-likeness (QED) is 0.389. The molecule has 1 aliphatic carbocycles. The highest BCUT2D eigenvalue weighted by molar-refractivity contribution is 7.89. The Kier molecular flexibility index (Phi) is 8.85. The van der Waals surface area contributed by atoms with Crippen LogP contribution < -0.4 is 24.8 Å².